The topological polar surface area (TPSA) is 104 Å². The molecule has 1 fully saturated rings. The van der Waals surface area contributed by atoms with Crippen molar-refractivity contribution >= 4 is 21.4 Å². The lowest BCUT2D eigenvalue weighted by molar-refractivity contribution is -0.141. The molecule has 0 atom stereocenters. The Morgan fingerprint density at radius 1 is 1.26 bits per heavy atom. The van der Waals surface area contributed by atoms with Crippen LogP contribution in [0, 0.1) is 17.2 Å². The van der Waals surface area contributed by atoms with Gasteiger partial charge in [-0.05, 0) is 51.2 Å². The second kappa shape index (κ2) is 9.04. The number of nitrogens with zero attached hydrogens (tertiary/aromatic N) is 3. The Bertz CT molecular complexity index is 1280. The zero-order valence-corrected chi connectivity index (χ0v) is 20.2. The number of fused-ring (bicyclic) bond motifs is 1. The molecule has 0 radical (unpaired) electrons. The van der Waals surface area contributed by atoms with Crippen LogP contribution in [0.2, 0.25) is 0 Å². The quantitative estimate of drug-likeness (QED) is 0.577. The highest BCUT2D eigenvalue weighted by Gasteiger charge is 2.41. The Morgan fingerprint density at radius 3 is 2.37 bits per heavy atom. The third-order valence-electron chi connectivity index (χ3n) is 6.46. The monoisotopic (exact) mass is 520 g/mol. The number of sulfone groups is 1. The van der Waals surface area contributed by atoms with E-state index in [1.165, 1.54) is 13.8 Å². The number of rotatable bonds is 6. The first-order valence-corrected chi connectivity index (χ1v) is 12.7. The summed E-state index contributed by atoms with van der Waals surface area (Å²) >= 11 is 0. The summed E-state index contributed by atoms with van der Waals surface area (Å²) < 4.78 is 91.9. The number of amides is 1. The Kier molecular flexibility index (Phi) is 6.93. The van der Waals surface area contributed by atoms with Gasteiger partial charge in [0.15, 0.2) is 15.5 Å². The van der Waals surface area contributed by atoms with E-state index in [-0.39, 0.29) is 48.4 Å². The lowest BCUT2D eigenvalue weighted by atomic mass is 9.83. The first-order valence-electron chi connectivity index (χ1n) is 10.8. The minimum atomic E-state index is -4.87. The van der Waals surface area contributed by atoms with Gasteiger partial charge in [-0.1, -0.05) is 0 Å². The van der Waals surface area contributed by atoms with Crippen LogP contribution in [0.1, 0.15) is 67.0 Å². The molecule has 1 saturated carbocycles. The van der Waals surface area contributed by atoms with E-state index in [4.69, 9.17) is 0 Å². The van der Waals surface area contributed by atoms with Crippen LogP contribution in [-0.4, -0.2) is 47.2 Å². The van der Waals surface area contributed by atoms with Gasteiger partial charge >= 0.3 is 6.18 Å². The van der Waals surface area contributed by atoms with E-state index in [9.17, 15) is 40.4 Å². The molecule has 3 rings (SSSR count). The van der Waals surface area contributed by atoms with Crippen LogP contribution < -0.4 is 5.32 Å². The van der Waals surface area contributed by atoms with Crippen LogP contribution >= 0.6 is 0 Å². The maximum absolute atomic E-state index is 13.8. The molecule has 0 unspecified atom stereocenters. The van der Waals surface area contributed by atoms with Crippen molar-refractivity contribution < 1.29 is 35.2 Å². The third-order valence-corrected chi connectivity index (χ3v) is 8.61. The van der Waals surface area contributed by atoms with Gasteiger partial charge in [0.05, 0.1) is 10.4 Å². The summed E-state index contributed by atoms with van der Waals surface area (Å²) in [6.07, 6.45) is -4.82. The average molecular weight is 521 g/mol. The Hall–Kier alpha value is -2.75. The van der Waals surface area contributed by atoms with E-state index >= 15 is 0 Å². The van der Waals surface area contributed by atoms with Gasteiger partial charge in [0.2, 0.25) is 5.92 Å². The van der Waals surface area contributed by atoms with E-state index in [1.54, 1.807) is 6.07 Å². The number of carbonyl (C=O) groups is 1. The molecule has 1 aliphatic carbocycles. The molecule has 0 saturated heterocycles. The zero-order chi connectivity index (χ0) is 26.4. The van der Waals surface area contributed by atoms with Crippen LogP contribution in [-0.2, 0) is 22.4 Å². The molecule has 35 heavy (non-hydrogen) atoms. The van der Waals surface area contributed by atoms with E-state index in [0.717, 1.165) is 22.8 Å². The summed E-state index contributed by atoms with van der Waals surface area (Å²) in [5, 5.41) is 12.1. The van der Waals surface area contributed by atoms with Gasteiger partial charge in [-0.15, -0.1) is 0 Å². The molecule has 2 aromatic rings. The van der Waals surface area contributed by atoms with Crippen molar-refractivity contribution in [1.82, 2.24) is 14.7 Å². The van der Waals surface area contributed by atoms with Crippen molar-refractivity contribution in [3.05, 3.63) is 34.8 Å². The van der Waals surface area contributed by atoms with Crippen molar-refractivity contribution in [2.45, 2.75) is 62.8 Å². The number of hydrogen-bond acceptors (Lipinski definition) is 5. The number of hydrogen-bond donors (Lipinski definition) is 1. The normalized spacial score (nSPS) is 17.3. The number of aromatic nitrogens is 2. The molecule has 2 heterocycles. The lowest BCUT2D eigenvalue weighted by Crippen LogP contribution is -2.43. The standard InChI is InChI=1S/C22H25F5N4O3S/c1-20(2,35(3,33)34)12-29-19(32)14-9-15(11-28)31-16(8-13-4-6-21(23,24)7-5-13)18(22(25,26)27)30-17(31)10-14/h9-10,13H,4-8,12H2,1-3H3,(H,29,32). The highest BCUT2D eigenvalue weighted by Crippen LogP contribution is 2.40. The van der Waals surface area contributed by atoms with Crippen molar-refractivity contribution in [2.75, 3.05) is 12.8 Å². The number of pyridine rings is 1. The first kappa shape index (κ1) is 26.8. The van der Waals surface area contributed by atoms with Crippen LogP contribution in [0.15, 0.2) is 12.1 Å². The van der Waals surface area contributed by atoms with Gasteiger partial charge in [0.1, 0.15) is 17.4 Å². The van der Waals surface area contributed by atoms with Gasteiger partial charge in [0, 0.05) is 31.2 Å². The number of alkyl halides is 5. The van der Waals surface area contributed by atoms with Crippen molar-refractivity contribution in [2.24, 2.45) is 5.92 Å². The molecule has 0 bridgehead atoms. The maximum Gasteiger partial charge on any atom is 0.435 e. The molecule has 0 aliphatic heterocycles. The van der Waals surface area contributed by atoms with Gasteiger partial charge in [-0.25, -0.2) is 22.2 Å². The van der Waals surface area contributed by atoms with Crippen LogP contribution in [0.4, 0.5) is 22.0 Å². The molecular weight excluding hydrogens is 495 g/mol. The van der Waals surface area contributed by atoms with Gasteiger partial charge < -0.3 is 5.32 Å². The van der Waals surface area contributed by atoms with E-state index in [1.807, 2.05) is 0 Å². The SMILES string of the molecule is CC(C)(CNC(=O)c1cc(C#N)n2c(CC3CCC(F)(F)CC3)c(C(F)(F)F)nc2c1)S(C)(=O)=O. The third kappa shape index (κ3) is 5.74. The zero-order valence-electron chi connectivity index (χ0n) is 19.3. The van der Waals surface area contributed by atoms with Gasteiger partial charge in [-0.2, -0.15) is 18.4 Å². The number of halogens is 5. The minimum Gasteiger partial charge on any atom is -0.350 e. The number of carbonyl (C=O) groups excluding carboxylic acids is 1. The van der Waals surface area contributed by atoms with Crippen molar-refractivity contribution in [1.29, 1.82) is 5.26 Å². The maximum atomic E-state index is 13.8. The van der Waals surface area contributed by atoms with Crippen LogP contribution in [0.25, 0.3) is 5.65 Å². The van der Waals surface area contributed by atoms with E-state index in [2.05, 4.69) is 10.3 Å². The molecule has 0 spiro atoms. The molecule has 1 N–H and O–H groups in total. The molecule has 7 nitrogen and oxygen atoms in total. The predicted molar refractivity (Wildman–Crippen MR) is 117 cm³/mol. The molecule has 0 aromatic carbocycles. The summed E-state index contributed by atoms with van der Waals surface area (Å²) in [5.41, 5.74) is -2.29. The molecule has 1 amide bonds. The average Bonchev–Trinajstić information content (AvgIpc) is 3.11. The number of nitriles is 1. The second-order valence-electron chi connectivity index (χ2n) is 9.56. The summed E-state index contributed by atoms with van der Waals surface area (Å²) in [6.45, 7) is 2.55. The predicted octanol–water partition coefficient (Wildman–Crippen LogP) is 4.15. The van der Waals surface area contributed by atoms with Crippen LogP contribution in [0.5, 0.6) is 0 Å². The van der Waals surface area contributed by atoms with Crippen LogP contribution in [0.3, 0.4) is 0 Å². The number of nitrogens with one attached hydrogen (secondary N) is 1. The molecule has 192 valence electrons. The lowest BCUT2D eigenvalue weighted by Gasteiger charge is -2.28. The van der Waals surface area contributed by atoms with E-state index in [0.29, 0.717) is 0 Å². The van der Waals surface area contributed by atoms with E-state index < -0.39 is 57.0 Å². The summed E-state index contributed by atoms with van der Waals surface area (Å²) in [5.74, 6) is -4.06. The fraction of sp³-hybridized carbons (Fsp3) is 0.591. The Balaban J connectivity index is 2.00. The first-order chi connectivity index (χ1) is 15.9. The largest absolute Gasteiger partial charge is 0.435 e. The second-order valence-corrected chi connectivity index (χ2v) is 12.2. The summed E-state index contributed by atoms with van der Waals surface area (Å²) in [6, 6.07) is 3.95. The van der Waals surface area contributed by atoms with Crippen molar-refractivity contribution in [3.63, 3.8) is 0 Å². The summed E-state index contributed by atoms with van der Waals surface area (Å²) in [4.78, 5) is 16.3. The Morgan fingerprint density at radius 2 is 1.86 bits per heavy atom. The smallest absolute Gasteiger partial charge is 0.350 e. The highest BCUT2D eigenvalue weighted by molar-refractivity contribution is 7.92. The molecular formula is C22H25F5N4O3S. The van der Waals surface area contributed by atoms with Gasteiger partial charge in [-0.3, -0.25) is 9.20 Å². The van der Waals surface area contributed by atoms with Gasteiger partial charge in [0.25, 0.3) is 5.91 Å². The fourth-order valence-corrected chi connectivity index (χ4v) is 4.30. The summed E-state index contributed by atoms with van der Waals surface area (Å²) in [7, 11) is -3.52. The fourth-order valence-electron chi connectivity index (χ4n) is 3.96. The molecule has 2 aromatic heterocycles. The molecule has 13 heteroatoms. The Labute approximate surface area is 199 Å². The van der Waals surface area contributed by atoms with Crippen molar-refractivity contribution in [3.8, 4) is 6.07 Å². The molecule has 1 aliphatic rings. The highest BCUT2D eigenvalue weighted by atomic mass is 32.2. The number of imidazole rings is 1. The minimum absolute atomic E-state index is 0.0377.